The van der Waals surface area contributed by atoms with Crippen LogP contribution < -0.4 is 21.9 Å². The average molecular weight is 410 g/mol. The van der Waals surface area contributed by atoms with E-state index in [2.05, 4.69) is 26.1 Å². The van der Waals surface area contributed by atoms with Gasteiger partial charge < -0.3 is 11.1 Å². The number of rotatable bonds is 7. The van der Waals surface area contributed by atoms with E-state index >= 15 is 0 Å². The minimum atomic E-state index is -0.292. The summed E-state index contributed by atoms with van der Waals surface area (Å²) in [7, 11) is 0. The Morgan fingerprint density at radius 2 is 1.26 bits per heavy atom. The second-order valence-corrected chi connectivity index (χ2v) is 6.83. The van der Waals surface area contributed by atoms with E-state index < -0.39 is 0 Å². The molecule has 31 heavy (non-hydrogen) atoms. The summed E-state index contributed by atoms with van der Waals surface area (Å²) in [5, 5.41) is 3.41. The number of carbonyl (C=O) groups excluding carboxylic acids is 1. The molecule has 1 heterocycles. The van der Waals surface area contributed by atoms with Crippen molar-refractivity contribution in [2.45, 2.75) is 6.04 Å². The number of anilines is 3. The first-order valence-electron chi connectivity index (χ1n) is 9.80. The summed E-state index contributed by atoms with van der Waals surface area (Å²) in [4.78, 5) is 20.8. The lowest BCUT2D eigenvalue weighted by Crippen LogP contribution is -2.30. The molecule has 0 spiro atoms. The first-order valence-corrected chi connectivity index (χ1v) is 9.80. The van der Waals surface area contributed by atoms with E-state index in [-0.39, 0.29) is 11.9 Å². The minimum absolute atomic E-state index is 0.161. The van der Waals surface area contributed by atoms with Crippen LogP contribution in [0, 0.1) is 0 Å². The number of hydrogen-bond acceptors (Lipinski definition) is 6. The molecule has 4 aromatic rings. The number of hydrogen-bond donors (Lipinski definition) is 4. The van der Waals surface area contributed by atoms with E-state index in [1.54, 1.807) is 24.3 Å². The van der Waals surface area contributed by atoms with Gasteiger partial charge in [-0.15, -0.1) is 0 Å². The van der Waals surface area contributed by atoms with Gasteiger partial charge in [-0.25, -0.2) is 9.97 Å². The van der Waals surface area contributed by atoms with Crippen molar-refractivity contribution in [3.8, 4) is 0 Å². The second kappa shape index (κ2) is 9.41. The number of nitrogens with two attached hydrogens (primary N) is 1. The Hall–Kier alpha value is -4.39. The van der Waals surface area contributed by atoms with Crippen LogP contribution in [-0.2, 0) is 0 Å². The average Bonchev–Trinajstić information content (AvgIpc) is 2.84. The highest BCUT2D eigenvalue weighted by molar-refractivity contribution is 5.95. The molecule has 0 aliphatic heterocycles. The molecule has 0 saturated heterocycles. The molecule has 0 radical (unpaired) electrons. The van der Waals surface area contributed by atoms with Gasteiger partial charge in [0, 0.05) is 5.56 Å². The lowest BCUT2D eigenvalue weighted by molar-refractivity contribution is 0.0962. The van der Waals surface area contributed by atoms with E-state index in [0.717, 1.165) is 11.1 Å². The van der Waals surface area contributed by atoms with Gasteiger partial charge in [0.2, 0.25) is 0 Å². The lowest BCUT2D eigenvalue weighted by atomic mass is 9.99. The molecule has 0 aliphatic carbocycles. The van der Waals surface area contributed by atoms with Crippen molar-refractivity contribution in [1.29, 1.82) is 0 Å². The van der Waals surface area contributed by atoms with E-state index in [1.807, 2.05) is 66.7 Å². The monoisotopic (exact) mass is 410 g/mol. The summed E-state index contributed by atoms with van der Waals surface area (Å²) in [6.45, 7) is 0. The van der Waals surface area contributed by atoms with Gasteiger partial charge in [0.25, 0.3) is 5.91 Å². The van der Waals surface area contributed by atoms with Gasteiger partial charge in [-0.1, -0.05) is 78.9 Å². The SMILES string of the molecule is Nc1c(NNC(=O)c2ccccc2)ncnc1NC(c1ccccc1)c1ccccc1. The van der Waals surface area contributed by atoms with E-state index in [1.165, 1.54) is 6.33 Å². The fourth-order valence-corrected chi connectivity index (χ4v) is 3.17. The van der Waals surface area contributed by atoms with Crippen molar-refractivity contribution in [2.24, 2.45) is 0 Å². The summed E-state index contributed by atoms with van der Waals surface area (Å²) >= 11 is 0. The second-order valence-electron chi connectivity index (χ2n) is 6.83. The quantitative estimate of drug-likeness (QED) is 0.343. The van der Waals surface area contributed by atoms with Gasteiger partial charge in [0.1, 0.15) is 12.0 Å². The number of nitrogen functional groups attached to an aromatic ring is 1. The number of aromatic nitrogens is 2. The topological polar surface area (TPSA) is 105 Å². The molecule has 0 aliphatic rings. The summed E-state index contributed by atoms with van der Waals surface area (Å²) < 4.78 is 0. The Morgan fingerprint density at radius 3 is 1.84 bits per heavy atom. The van der Waals surface area contributed by atoms with Crippen LogP contribution in [0.2, 0.25) is 0 Å². The molecule has 1 amide bonds. The molecule has 0 unspecified atom stereocenters. The predicted molar refractivity (Wildman–Crippen MR) is 122 cm³/mol. The smallest absolute Gasteiger partial charge is 0.269 e. The zero-order valence-corrected chi connectivity index (χ0v) is 16.7. The minimum Gasteiger partial charge on any atom is -0.393 e. The fourth-order valence-electron chi connectivity index (χ4n) is 3.17. The first-order chi connectivity index (χ1) is 15.2. The van der Waals surface area contributed by atoms with Gasteiger partial charge in [0.05, 0.1) is 6.04 Å². The zero-order valence-electron chi connectivity index (χ0n) is 16.7. The zero-order chi connectivity index (χ0) is 21.5. The Labute approximate surface area is 180 Å². The molecular weight excluding hydrogens is 388 g/mol. The van der Waals surface area contributed by atoms with Gasteiger partial charge in [-0.3, -0.25) is 15.6 Å². The van der Waals surface area contributed by atoms with Crippen LogP contribution in [0.1, 0.15) is 27.5 Å². The highest BCUT2D eigenvalue weighted by Crippen LogP contribution is 2.30. The fraction of sp³-hybridized carbons (Fsp3) is 0.0417. The van der Waals surface area contributed by atoms with Crippen molar-refractivity contribution in [3.63, 3.8) is 0 Å². The highest BCUT2D eigenvalue weighted by atomic mass is 16.2. The molecule has 0 fully saturated rings. The Kier molecular flexibility index (Phi) is 6.04. The van der Waals surface area contributed by atoms with Crippen molar-refractivity contribution in [1.82, 2.24) is 15.4 Å². The van der Waals surface area contributed by atoms with E-state index in [9.17, 15) is 4.79 Å². The summed E-state index contributed by atoms with van der Waals surface area (Å²) in [5.74, 6) is 0.477. The first kappa shape index (κ1) is 19.9. The third kappa shape index (κ3) is 4.79. The summed E-state index contributed by atoms with van der Waals surface area (Å²) in [6, 6.07) is 28.8. The molecule has 0 atom stereocenters. The molecule has 0 bridgehead atoms. The molecule has 1 aromatic heterocycles. The predicted octanol–water partition coefficient (Wildman–Crippen LogP) is 4.02. The van der Waals surface area contributed by atoms with Crippen LogP contribution in [0.4, 0.5) is 17.3 Å². The number of amides is 1. The van der Waals surface area contributed by atoms with E-state index in [4.69, 9.17) is 5.73 Å². The van der Waals surface area contributed by atoms with Crippen LogP contribution in [0.25, 0.3) is 0 Å². The highest BCUT2D eigenvalue weighted by Gasteiger charge is 2.17. The molecule has 4 rings (SSSR count). The van der Waals surface area contributed by atoms with Crippen molar-refractivity contribution < 1.29 is 4.79 Å². The molecule has 3 aromatic carbocycles. The van der Waals surface area contributed by atoms with Crippen molar-refractivity contribution in [3.05, 3.63) is 114 Å². The Morgan fingerprint density at radius 1 is 0.742 bits per heavy atom. The van der Waals surface area contributed by atoms with Gasteiger partial charge in [-0.05, 0) is 23.3 Å². The third-order valence-corrected chi connectivity index (χ3v) is 4.76. The maximum atomic E-state index is 12.3. The van der Waals surface area contributed by atoms with Gasteiger partial charge in [0.15, 0.2) is 11.6 Å². The summed E-state index contributed by atoms with van der Waals surface area (Å²) in [5.41, 5.74) is 14.7. The number of carbonyl (C=O) groups is 1. The van der Waals surface area contributed by atoms with Crippen LogP contribution in [0.3, 0.4) is 0 Å². The van der Waals surface area contributed by atoms with Crippen LogP contribution >= 0.6 is 0 Å². The molecule has 5 N–H and O–H groups in total. The third-order valence-electron chi connectivity index (χ3n) is 4.76. The van der Waals surface area contributed by atoms with Crippen molar-refractivity contribution in [2.75, 3.05) is 16.5 Å². The lowest BCUT2D eigenvalue weighted by Gasteiger charge is -2.22. The van der Waals surface area contributed by atoms with Gasteiger partial charge in [-0.2, -0.15) is 0 Å². The van der Waals surface area contributed by atoms with E-state index in [0.29, 0.717) is 22.9 Å². The number of benzene rings is 3. The Bertz CT molecular complexity index is 1100. The maximum absolute atomic E-state index is 12.3. The summed E-state index contributed by atoms with van der Waals surface area (Å²) in [6.07, 6.45) is 1.39. The van der Waals surface area contributed by atoms with Crippen LogP contribution in [0.15, 0.2) is 97.3 Å². The number of hydrazine groups is 1. The van der Waals surface area contributed by atoms with Crippen LogP contribution in [-0.4, -0.2) is 15.9 Å². The molecule has 7 heteroatoms. The van der Waals surface area contributed by atoms with Gasteiger partial charge >= 0.3 is 0 Å². The number of nitrogens with zero attached hydrogens (tertiary/aromatic N) is 2. The number of nitrogens with one attached hydrogen (secondary N) is 3. The van der Waals surface area contributed by atoms with Crippen molar-refractivity contribution >= 4 is 23.2 Å². The molecule has 0 saturated carbocycles. The van der Waals surface area contributed by atoms with Crippen LogP contribution in [0.5, 0.6) is 0 Å². The maximum Gasteiger partial charge on any atom is 0.269 e. The molecule has 7 nitrogen and oxygen atoms in total. The molecule has 154 valence electrons. The standard InChI is InChI=1S/C24H22N6O/c25-20-22(26-16-27-23(20)29-30-24(31)19-14-8-3-9-15-19)28-21(17-10-4-1-5-11-17)18-12-6-2-7-13-18/h1-16,21H,25H2,(H,30,31)(H2,26,27,28,29). The molecular formula is C24H22N6O. The normalized spacial score (nSPS) is 10.5. The largest absolute Gasteiger partial charge is 0.393 e. The Balaban J connectivity index is 1.56.